The summed E-state index contributed by atoms with van der Waals surface area (Å²) in [5.74, 6) is -0.186. The second kappa shape index (κ2) is 7.22. The smallest absolute Gasteiger partial charge is 0.304 e. The summed E-state index contributed by atoms with van der Waals surface area (Å²) in [6, 6.07) is 7.26. The summed E-state index contributed by atoms with van der Waals surface area (Å²) in [5, 5.41) is 8.76. The molecule has 1 N–H and O–H groups in total. The van der Waals surface area contributed by atoms with E-state index in [1.807, 2.05) is 12.1 Å². The zero-order valence-corrected chi connectivity index (χ0v) is 12.2. The van der Waals surface area contributed by atoms with Crippen LogP contribution < -0.4 is 4.74 Å². The number of carbonyl (C=O) groups excluding carboxylic acids is 1. The van der Waals surface area contributed by atoms with Crippen LogP contribution in [0.5, 0.6) is 5.75 Å². The third-order valence-electron chi connectivity index (χ3n) is 3.89. The minimum atomic E-state index is -0.798. The van der Waals surface area contributed by atoms with Crippen molar-refractivity contribution in [2.75, 3.05) is 26.7 Å². The second-order valence-electron chi connectivity index (χ2n) is 5.35. The van der Waals surface area contributed by atoms with Gasteiger partial charge in [-0.05, 0) is 31.5 Å². The zero-order valence-electron chi connectivity index (χ0n) is 12.2. The Hall–Kier alpha value is -1.88. The molecular weight excluding hydrogens is 270 g/mol. The minimum absolute atomic E-state index is 0.0798. The number of hydrogen-bond donors (Lipinski definition) is 1. The highest BCUT2D eigenvalue weighted by Crippen LogP contribution is 2.26. The zero-order chi connectivity index (χ0) is 15.2. The molecule has 0 spiro atoms. The van der Waals surface area contributed by atoms with E-state index in [1.54, 1.807) is 19.2 Å². The fourth-order valence-electron chi connectivity index (χ4n) is 2.79. The van der Waals surface area contributed by atoms with Crippen molar-refractivity contribution >= 4 is 11.8 Å². The highest BCUT2D eigenvalue weighted by molar-refractivity contribution is 6.00. The highest BCUT2D eigenvalue weighted by Gasteiger charge is 2.28. The van der Waals surface area contributed by atoms with Crippen LogP contribution in [0.15, 0.2) is 24.3 Å². The number of rotatable bonds is 6. The molecule has 1 atom stereocenters. The van der Waals surface area contributed by atoms with Gasteiger partial charge in [-0.25, -0.2) is 0 Å². The van der Waals surface area contributed by atoms with Crippen LogP contribution in [0.4, 0.5) is 0 Å². The Bertz CT molecular complexity index is 515. The molecule has 1 saturated heterocycles. The number of hydrogen-bond acceptors (Lipinski definition) is 4. The fourth-order valence-corrected chi connectivity index (χ4v) is 2.79. The Morgan fingerprint density at radius 2 is 2.14 bits per heavy atom. The predicted octanol–water partition coefficient (Wildman–Crippen LogP) is 2.06. The van der Waals surface area contributed by atoms with E-state index in [1.165, 1.54) is 0 Å². The van der Waals surface area contributed by atoms with E-state index < -0.39 is 5.97 Å². The number of Topliss-reactive ketones (excluding diaryl/α,β-unsaturated/α-hetero) is 1. The van der Waals surface area contributed by atoms with Gasteiger partial charge in [0.2, 0.25) is 0 Å². The summed E-state index contributed by atoms with van der Waals surface area (Å²) in [7, 11) is 1.56. The number of benzene rings is 1. The van der Waals surface area contributed by atoms with Crippen molar-refractivity contribution in [3.8, 4) is 5.75 Å². The SMILES string of the molecule is COc1ccccc1C(=O)[C@H]1CCCN(CCC(=O)O)C1. The van der Waals surface area contributed by atoms with Gasteiger partial charge in [0.1, 0.15) is 5.75 Å². The first-order chi connectivity index (χ1) is 10.1. The maximum Gasteiger partial charge on any atom is 0.304 e. The summed E-state index contributed by atoms with van der Waals surface area (Å²) in [6.45, 7) is 2.00. The molecule has 0 amide bonds. The number of likely N-dealkylation sites (tertiary alicyclic amines) is 1. The predicted molar refractivity (Wildman–Crippen MR) is 78.7 cm³/mol. The third kappa shape index (κ3) is 4.04. The third-order valence-corrected chi connectivity index (χ3v) is 3.89. The van der Waals surface area contributed by atoms with Gasteiger partial charge in [0.05, 0.1) is 19.1 Å². The normalized spacial score (nSPS) is 19.2. The van der Waals surface area contributed by atoms with Crippen LogP contribution in [0, 0.1) is 5.92 Å². The van der Waals surface area contributed by atoms with Gasteiger partial charge >= 0.3 is 5.97 Å². The van der Waals surface area contributed by atoms with E-state index in [4.69, 9.17) is 9.84 Å². The first-order valence-electron chi connectivity index (χ1n) is 7.23. The van der Waals surface area contributed by atoms with Crippen LogP contribution in [0.25, 0.3) is 0 Å². The van der Waals surface area contributed by atoms with Gasteiger partial charge in [0, 0.05) is 19.0 Å². The number of piperidine rings is 1. The van der Waals surface area contributed by atoms with E-state index >= 15 is 0 Å². The lowest BCUT2D eigenvalue weighted by atomic mass is 9.89. The highest BCUT2D eigenvalue weighted by atomic mass is 16.5. The van der Waals surface area contributed by atoms with Gasteiger partial charge < -0.3 is 14.7 Å². The number of carboxylic acid groups (broad SMARTS) is 1. The maximum absolute atomic E-state index is 12.6. The molecule has 1 fully saturated rings. The van der Waals surface area contributed by atoms with Crippen LogP contribution in [0.1, 0.15) is 29.6 Å². The Morgan fingerprint density at radius 3 is 2.86 bits per heavy atom. The first kappa shape index (κ1) is 15.5. The molecule has 1 heterocycles. The summed E-state index contributed by atoms with van der Waals surface area (Å²) < 4.78 is 5.25. The fraction of sp³-hybridized carbons (Fsp3) is 0.500. The molecule has 1 aromatic rings. The molecule has 5 nitrogen and oxygen atoms in total. The van der Waals surface area contributed by atoms with Gasteiger partial charge in [0.25, 0.3) is 0 Å². The molecular formula is C16H21NO4. The Kier molecular flexibility index (Phi) is 5.33. The van der Waals surface area contributed by atoms with Crippen molar-refractivity contribution in [3.05, 3.63) is 29.8 Å². The lowest BCUT2D eigenvalue weighted by Crippen LogP contribution is -2.39. The lowest BCUT2D eigenvalue weighted by molar-refractivity contribution is -0.137. The van der Waals surface area contributed by atoms with E-state index in [-0.39, 0.29) is 18.1 Å². The summed E-state index contributed by atoms with van der Waals surface area (Å²) >= 11 is 0. The topological polar surface area (TPSA) is 66.8 Å². The van der Waals surface area contributed by atoms with Crippen LogP contribution in [0.2, 0.25) is 0 Å². The molecule has 21 heavy (non-hydrogen) atoms. The molecule has 0 saturated carbocycles. The van der Waals surface area contributed by atoms with Gasteiger partial charge in [-0.2, -0.15) is 0 Å². The summed E-state index contributed by atoms with van der Waals surface area (Å²) in [6.07, 6.45) is 1.89. The molecule has 1 aliphatic heterocycles. The number of ether oxygens (including phenoxy) is 1. The van der Waals surface area contributed by atoms with Gasteiger partial charge in [-0.1, -0.05) is 12.1 Å². The van der Waals surface area contributed by atoms with Gasteiger partial charge in [-0.15, -0.1) is 0 Å². The Morgan fingerprint density at radius 1 is 1.38 bits per heavy atom. The molecule has 0 unspecified atom stereocenters. The van der Waals surface area contributed by atoms with Crippen molar-refractivity contribution in [2.24, 2.45) is 5.92 Å². The molecule has 0 radical (unpaired) electrons. The van der Waals surface area contributed by atoms with Gasteiger partial charge in [-0.3, -0.25) is 9.59 Å². The summed E-state index contributed by atoms with van der Waals surface area (Å²) in [5.41, 5.74) is 0.616. The number of methoxy groups -OCH3 is 1. The maximum atomic E-state index is 12.6. The molecule has 1 aliphatic rings. The van der Waals surface area contributed by atoms with Crippen LogP contribution >= 0.6 is 0 Å². The van der Waals surface area contributed by atoms with Crippen LogP contribution in [0.3, 0.4) is 0 Å². The number of ketones is 1. The minimum Gasteiger partial charge on any atom is -0.496 e. The standard InChI is InChI=1S/C16H21NO4/c1-21-14-7-3-2-6-13(14)16(20)12-5-4-9-17(11-12)10-8-15(18)19/h2-3,6-7,12H,4-5,8-11H2,1H3,(H,18,19)/t12-/m0/s1. The number of carboxylic acids is 1. The molecule has 5 heteroatoms. The van der Waals surface area contributed by atoms with Gasteiger partial charge in [0.15, 0.2) is 5.78 Å². The van der Waals surface area contributed by atoms with E-state index in [9.17, 15) is 9.59 Å². The largest absolute Gasteiger partial charge is 0.496 e. The number of aliphatic carboxylic acids is 1. The van der Waals surface area contributed by atoms with Crippen LogP contribution in [-0.2, 0) is 4.79 Å². The Balaban J connectivity index is 2.03. The molecule has 0 aliphatic carbocycles. The lowest BCUT2D eigenvalue weighted by Gasteiger charge is -2.31. The quantitative estimate of drug-likeness (QED) is 0.813. The molecule has 0 bridgehead atoms. The molecule has 0 aromatic heterocycles. The van der Waals surface area contributed by atoms with Crippen molar-refractivity contribution in [2.45, 2.75) is 19.3 Å². The van der Waals surface area contributed by atoms with Crippen molar-refractivity contribution in [1.82, 2.24) is 4.90 Å². The van der Waals surface area contributed by atoms with E-state index in [0.717, 1.165) is 19.4 Å². The van der Waals surface area contributed by atoms with Crippen LogP contribution in [-0.4, -0.2) is 48.5 Å². The average molecular weight is 291 g/mol. The number of carbonyl (C=O) groups is 2. The average Bonchev–Trinajstić information content (AvgIpc) is 2.52. The number of para-hydroxylation sites is 1. The number of nitrogens with zero attached hydrogens (tertiary/aromatic N) is 1. The first-order valence-corrected chi connectivity index (χ1v) is 7.23. The Labute approximate surface area is 124 Å². The van der Waals surface area contributed by atoms with Crippen molar-refractivity contribution < 1.29 is 19.4 Å². The van der Waals surface area contributed by atoms with E-state index in [2.05, 4.69) is 4.90 Å². The second-order valence-corrected chi connectivity index (χ2v) is 5.35. The monoisotopic (exact) mass is 291 g/mol. The molecule has 1 aromatic carbocycles. The molecule has 2 rings (SSSR count). The van der Waals surface area contributed by atoms with Crippen molar-refractivity contribution in [3.63, 3.8) is 0 Å². The molecule has 114 valence electrons. The van der Waals surface area contributed by atoms with E-state index in [0.29, 0.717) is 24.4 Å². The van der Waals surface area contributed by atoms with Crippen molar-refractivity contribution in [1.29, 1.82) is 0 Å². The summed E-state index contributed by atoms with van der Waals surface area (Å²) in [4.78, 5) is 25.4.